The van der Waals surface area contributed by atoms with Gasteiger partial charge in [0.2, 0.25) is 0 Å². The largest absolute Gasteiger partial charge is 0.464 e. The highest BCUT2D eigenvalue weighted by Crippen LogP contribution is 2.37. The molecule has 7 nitrogen and oxygen atoms in total. The lowest BCUT2D eigenvalue weighted by Gasteiger charge is -2.27. The van der Waals surface area contributed by atoms with Gasteiger partial charge in [0.15, 0.2) is 5.69 Å². The van der Waals surface area contributed by atoms with Gasteiger partial charge in [-0.3, -0.25) is 4.79 Å². The standard InChI is InChI=1S/C20H19ClN4O3S/c1-28-20(27)16-9-15(22-10-23-16)18(26)24-13-5-2-11(3-6-13)19-25-14-8-12(21)4-7-17(14)29-19/h4,7-11,13H,2-3,5-6H2,1H3,(H,24,26). The number of hydrogen-bond donors (Lipinski definition) is 1. The normalized spacial score (nSPS) is 19.1. The van der Waals surface area contributed by atoms with E-state index in [1.165, 1.54) is 19.5 Å². The Balaban J connectivity index is 1.37. The van der Waals surface area contributed by atoms with Crippen LogP contribution in [0.25, 0.3) is 10.2 Å². The molecular formula is C20H19ClN4O3S. The minimum Gasteiger partial charge on any atom is -0.464 e. The molecule has 3 aromatic rings. The molecule has 1 aliphatic carbocycles. The summed E-state index contributed by atoms with van der Waals surface area (Å²) in [6, 6.07) is 7.21. The lowest BCUT2D eigenvalue weighted by Crippen LogP contribution is -2.37. The molecule has 1 aliphatic rings. The van der Waals surface area contributed by atoms with Gasteiger partial charge >= 0.3 is 5.97 Å². The first-order valence-electron chi connectivity index (χ1n) is 9.30. The Kier molecular flexibility index (Phi) is 5.73. The van der Waals surface area contributed by atoms with Crippen molar-refractivity contribution in [2.45, 2.75) is 37.6 Å². The first-order chi connectivity index (χ1) is 14.0. The number of esters is 1. The van der Waals surface area contributed by atoms with Crippen LogP contribution in [0, 0.1) is 0 Å². The van der Waals surface area contributed by atoms with Crippen molar-refractivity contribution in [2.75, 3.05) is 7.11 Å². The number of halogens is 1. The Morgan fingerprint density at radius 2 is 1.90 bits per heavy atom. The Morgan fingerprint density at radius 3 is 2.66 bits per heavy atom. The molecule has 0 unspecified atom stereocenters. The van der Waals surface area contributed by atoms with Crippen LogP contribution in [0.3, 0.4) is 0 Å². The molecule has 4 rings (SSSR count). The number of carbonyl (C=O) groups excluding carboxylic acids is 2. The topological polar surface area (TPSA) is 94.1 Å². The lowest BCUT2D eigenvalue weighted by molar-refractivity contribution is 0.0593. The molecule has 0 bridgehead atoms. The predicted octanol–water partition coefficient (Wildman–Crippen LogP) is 3.98. The van der Waals surface area contributed by atoms with E-state index in [0.29, 0.717) is 10.9 Å². The van der Waals surface area contributed by atoms with Gasteiger partial charge in [-0.25, -0.2) is 19.7 Å². The smallest absolute Gasteiger partial charge is 0.356 e. The zero-order valence-corrected chi connectivity index (χ0v) is 17.3. The van der Waals surface area contributed by atoms with Gasteiger partial charge in [-0.15, -0.1) is 11.3 Å². The fourth-order valence-electron chi connectivity index (χ4n) is 3.53. The van der Waals surface area contributed by atoms with Crippen LogP contribution in [0.15, 0.2) is 30.6 Å². The molecule has 2 heterocycles. The fraction of sp³-hybridized carbons (Fsp3) is 0.350. The van der Waals surface area contributed by atoms with E-state index in [-0.39, 0.29) is 23.3 Å². The molecule has 0 aliphatic heterocycles. The quantitative estimate of drug-likeness (QED) is 0.629. The van der Waals surface area contributed by atoms with Crippen LogP contribution < -0.4 is 5.32 Å². The SMILES string of the molecule is COC(=O)c1cc(C(=O)NC2CCC(c3nc4cc(Cl)ccc4s3)CC2)ncn1. The van der Waals surface area contributed by atoms with Crippen LogP contribution in [-0.4, -0.2) is 40.0 Å². The molecule has 150 valence electrons. The van der Waals surface area contributed by atoms with Gasteiger partial charge in [0.1, 0.15) is 12.0 Å². The molecule has 0 atom stereocenters. The van der Waals surface area contributed by atoms with Crippen molar-refractivity contribution in [3.8, 4) is 0 Å². The number of amides is 1. The number of fused-ring (bicyclic) bond motifs is 1. The van der Waals surface area contributed by atoms with E-state index in [9.17, 15) is 9.59 Å². The van der Waals surface area contributed by atoms with E-state index in [0.717, 1.165) is 40.9 Å². The second-order valence-electron chi connectivity index (χ2n) is 6.97. The minimum absolute atomic E-state index is 0.0623. The van der Waals surface area contributed by atoms with Gasteiger partial charge < -0.3 is 10.1 Å². The van der Waals surface area contributed by atoms with Crippen molar-refractivity contribution >= 4 is 45.0 Å². The molecule has 1 aromatic carbocycles. The number of nitrogens with zero attached hydrogens (tertiary/aromatic N) is 3. The Hall–Kier alpha value is -2.58. The van der Waals surface area contributed by atoms with Crippen LogP contribution in [0.1, 0.15) is 57.6 Å². The zero-order chi connectivity index (χ0) is 20.4. The zero-order valence-electron chi connectivity index (χ0n) is 15.7. The number of thiazole rings is 1. The second kappa shape index (κ2) is 8.42. The van der Waals surface area contributed by atoms with E-state index < -0.39 is 5.97 Å². The molecule has 1 saturated carbocycles. The molecule has 1 N–H and O–H groups in total. The molecule has 29 heavy (non-hydrogen) atoms. The van der Waals surface area contributed by atoms with Crippen LogP contribution in [0.2, 0.25) is 5.02 Å². The fourth-order valence-corrected chi connectivity index (χ4v) is 4.82. The van der Waals surface area contributed by atoms with E-state index in [1.807, 2.05) is 18.2 Å². The number of carbonyl (C=O) groups is 2. The van der Waals surface area contributed by atoms with Gasteiger partial charge in [-0.1, -0.05) is 11.6 Å². The summed E-state index contributed by atoms with van der Waals surface area (Å²) in [5.74, 6) is -0.515. The average Bonchev–Trinajstić information content (AvgIpc) is 3.17. The summed E-state index contributed by atoms with van der Waals surface area (Å²) in [7, 11) is 1.27. The molecule has 9 heteroatoms. The maximum Gasteiger partial charge on any atom is 0.356 e. The first-order valence-corrected chi connectivity index (χ1v) is 10.5. The summed E-state index contributed by atoms with van der Waals surface area (Å²) in [5, 5.41) is 4.83. The third kappa shape index (κ3) is 4.38. The maximum absolute atomic E-state index is 12.5. The number of rotatable bonds is 4. The molecule has 0 spiro atoms. The van der Waals surface area contributed by atoms with Crippen molar-refractivity contribution in [2.24, 2.45) is 0 Å². The number of benzene rings is 1. The number of ether oxygens (including phenoxy) is 1. The van der Waals surface area contributed by atoms with Gasteiger partial charge in [0.05, 0.1) is 22.3 Å². The molecule has 2 aromatic heterocycles. The Bertz CT molecular complexity index is 1060. The number of methoxy groups -OCH3 is 1. The third-order valence-electron chi connectivity index (χ3n) is 5.07. The Morgan fingerprint density at radius 1 is 1.14 bits per heavy atom. The van der Waals surface area contributed by atoms with Crippen LogP contribution in [-0.2, 0) is 4.74 Å². The van der Waals surface area contributed by atoms with Crippen LogP contribution in [0.4, 0.5) is 0 Å². The number of aromatic nitrogens is 3. The van der Waals surface area contributed by atoms with E-state index in [4.69, 9.17) is 16.6 Å². The second-order valence-corrected chi connectivity index (χ2v) is 8.46. The van der Waals surface area contributed by atoms with E-state index >= 15 is 0 Å². The molecular weight excluding hydrogens is 412 g/mol. The monoisotopic (exact) mass is 430 g/mol. The molecule has 0 saturated heterocycles. The van der Waals surface area contributed by atoms with Gasteiger partial charge in [-0.05, 0) is 43.9 Å². The van der Waals surface area contributed by atoms with Gasteiger partial charge in [-0.2, -0.15) is 0 Å². The van der Waals surface area contributed by atoms with E-state index in [2.05, 4.69) is 20.0 Å². The van der Waals surface area contributed by atoms with Crippen LogP contribution in [0.5, 0.6) is 0 Å². The summed E-state index contributed by atoms with van der Waals surface area (Å²) in [5.41, 5.74) is 1.16. The predicted molar refractivity (Wildman–Crippen MR) is 110 cm³/mol. The van der Waals surface area contributed by atoms with E-state index in [1.54, 1.807) is 11.3 Å². The lowest BCUT2D eigenvalue weighted by atomic mass is 9.86. The highest BCUT2D eigenvalue weighted by atomic mass is 35.5. The summed E-state index contributed by atoms with van der Waals surface area (Å²) < 4.78 is 5.77. The maximum atomic E-state index is 12.5. The average molecular weight is 431 g/mol. The van der Waals surface area contributed by atoms with Gasteiger partial charge in [0, 0.05) is 23.0 Å². The van der Waals surface area contributed by atoms with Crippen molar-refractivity contribution in [3.05, 3.63) is 52.0 Å². The highest BCUT2D eigenvalue weighted by molar-refractivity contribution is 7.18. The first kappa shape index (κ1) is 19.7. The molecule has 1 fully saturated rings. The third-order valence-corrected chi connectivity index (χ3v) is 6.51. The van der Waals surface area contributed by atoms with Crippen LogP contribution >= 0.6 is 22.9 Å². The number of hydrogen-bond acceptors (Lipinski definition) is 7. The summed E-state index contributed by atoms with van der Waals surface area (Å²) in [6.45, 7) is 0. The van der Waals surface area contributed by atoms with Crippen molar-refractivity contribution in [1.29, 1.82) is 0 Å². The number of nitrogens with one attached hydrogen (secondary N) is 1. The van der Waals surface area contributed by atoms with Crippen molar-refractivity contribution in [1.82, 2.24) is 20.3 Å². The molecule has 1 amide bonds. The summed E-state index contributed by atoms with van der Waals surface area (Å²) >= 11 is 7.77. The highest BCUT2D eigenvalue weighted by Gasteiger charge is 2.26. The minimum atomic E-state index is -0.598. The summed E-state index contributed by atoms with van der Waals surface area (Å²) in [6.07, 6.45) is 4.83. The van der Waals surface area contributed by atoms with Crippen molar-refractivity contribution in [3.63, 3.8) is 0 Å². The van der Waals surface area contributed by atoms with Crippen molar-refractivity contribution < 1.29 is 14.3 Å². The van der Waals surface area contributed by atoms with Gasteiger partial charge in [0.25, 0.3) is 5.91 Å². The summed E-state index contributed by atoms with van der Waals surface area (Å²) in [4.78, 5) is 36.6. The Labute approximate surface area is 176 Å². The molecule has 0 radical (unpaired) electrons.